The molecule has 7 heteroatoms. The summed E-state index contributed by atoms with van der Waals surface area (Å²) in [6.45, 7) is 6.37. The molecule has 7 nitrogen and oxygen atoms in total. The third-order valence-corrected chi connectivity index (χ3v) is 4.36. The van der Waals surface area contributed by atoms with E-state index in [2.05, 4.69) is 5.32 Å². The Morgan fingerprint density at radius 3 is 2.74 bits per heavy atom. The second-order valence-electron chi connectivity index (χ2n) is 6.00. The number of nitrogens with one attached hydrogen (secondary N) is 1. The van der Waals surface area contributed by atoms with E-state index in [1.807, 2.05) is 18.7 Å². The Balaban J connectivity index is 2.27. The van der Waals surface area contributed by atoms with Gasteiger partial charge in [-0.3, -0.25) is 18.7 Å². The topological polar surface area (TPSA) is 76.3 Å². The standard InChI is InChI=1S/C16H26N4O3/c1-4-8-17-15(22)12-7-6-9-19(11-12)13-10-14(21)18(3)16(23)20(13)5-2/h10,12H,4-9,11H2,1-3H3,(H,17,22)/t12-/m0/s1. The first-order chi connectivity index (χ1) is 11.0. The highest BCUT2D eigenvalue weighted by Crippen LogP contribution is 2.21. The third kappa shape index (κ3) is 3.65. The van der Waals surface area contributed by atoms with Crippen LogP contribution in [0.3, 0.4) is 0 Å². The summed E-state index contributed by atoms with van der Waals surface area (Å²) in [5, 5.41) is 2.93. The summed E-state index contributed by atoms with van der Waals surface area (Å²) in [5.41, 5.74) is -0.625. The maximum atomic E-state index is 12.3. The van der Waals surface area contributed by atoms with Crippen LogP contribution in [-0.4, -0.2) is 34.7 Å². The molecule has 1 atom stereocenters. The van der Waals surface area contributed by atoms with Gasteiger partial charge >= 0.3 is 5.69 Å². The molecule has 1 aliphatic rings. The van der Waals surface area contributed by atoms with Crippen LogP contribution < -0.4 is 21.5 Å². The van der Waals surface area contributed by atoms with E-state index in [1.54, 1.807) is 4.57 Å². The number of anilines is 1. The van der Waals surface area contributed by atoms with E-state index >= 15 is 0 Å². The number of piperidine rings is 1. The van der Waals surface area contributed by atoms with Crippen molar-refractivity contribution in [2.45, 2.75) is 39.7 Å². The summed E-state index contributed by atoms with van der Waals surface area (Å²) >= 11 is 0. The monoisotopic (exact) mass is 322 g/mol. The number of hydrogen-bond acceptors (Lipinski definition) is 4. The van der Waals surface area contributed by atoms with E-state index in [1.165, 1.54) is 13.1 Å². The molecule has 1 aliphatic heterocycles. The summed E-state index contributed by atoms with van der Waals surface area (Å²) < 4.78 is 2.70. The average molecular weight is 322 g/mol. The van der Waals surface area contributed by atoms with Crippen molar-refractivity contribution < 1.29 is 4.79 Å². The second kappa shape index (κ2) is 7.48. The zero-order valence-electron chi connectivity index (χ0n) is 14.2. The van der Waals surface area contributed by atoms with Crippen LogP contribution in [0.1, 0.15) is 33.1 Å². The van der Waals surface area contributed by atoms with Crippen molar-refractivity contribution >= 4 is 11.7 Å². The van der Waals surface area contributed by atoms with E-state index in [-0.39, 0.29) is 23.1 Å². The molecule has 2 rings (SSSR count). The zero-order valence-corrected chi connectivity index (χ0v) is 14.2. The van der Waals surface area contributed by atoms with Gasteiger partial charge in [-0.2, -0.15) is 0 Å². The number of carbonyl (C=O) groups is 1. The number of amides is 1. The molecular weight excluding hydrogens is 296 g/mol. The van der Waals surface area contributed by atoms with Gasteiger partial charge in [-0.1, -0.05) is 6.92 Å². The van der Waals surface area contributed by atoms with Crippen molar-refractivity contribution in [3.05, 3.63) is 26.9 Å². The Bertz CT molecular complexity index is 677. The van der Waals surface area contributed by atoms with E-state index in [4.69, 9.17) is 0 Å². The van der Waals surface area contributed by atoms with Crippen LogP contribution in [0, 0.1) is 5.92 Å². The summed E-state index contributed by atoms with van der Waals surface area (Å²) in [4.78, 5) is 38.4. The molecule has 1 amide bonds. The van der Waals surface area contributed by atoms with Gasteiger partial charge in [0, 0.05) is 39.3 Å². The average Bonchev–Trinajstić information content (AvgIpc) is 2.57. The van der Waals surface area contributed by atoms with Crippen LogP contribution in [-0.2, 0) is 18.4 Å². The molecular formula is C16H26N4O3. The number of hydrogen-bond donors (Lipinski definition) is 1. The molecule has 0 unspecified atom stereocenters. The Labute approximate surface area is 135 Å². The Hall–Kier alpha value is -2.05. The molecule has 0 bridgehead atoms. The van der Waals surface area contributed by atoms with Crippen LogP contribution in [0.2, 0.25) is 0 Å². The van der Waals surface area contributed by atoms with Crippen LogP contribution in [0.4, 0.5) is 5.82 Å². The van der Waals surface area contributed by atoms with Gasteiger partial charge in [-0.05, 0) is 26.2 Å². The van der Waals surface area contributed by atoms with Crippen molar-refractivity contribution in [3.8, 4) is 0 Å². The Kier molecular flexibility index (Phi) is 5.63. The van der Waals surface area contributed by atoms with Gasteiger partial charge in [0.1, 0.15) is 5.82 Å². The van der Waals surface area contributed by atoms with E-state index in [0.717, 1.165) is 30.4 Å². The normalized spacial score (nSPS) is 18.0. The van der Waals surface area contributed by atoms with Crippen molar-refractivity contribution in [2.24, 2.45) is 13.0 Å². The lowest BCUT2D eigenvalue weighted by Gasteiger charge is -2.34. The number of aromatic nitrogens is 2. The van der Waals surface area contributed by atoms with Crippen LogP contribution >= 0.6 is 0 Å². The third-order valence-electron chi connectivity index (χ3n) is 4.36. The van der Waals surface area contributed by atoms with Gasteiger partial charge in [-0.15, -0.1) is 0 Å². The molecule has 2 heterocycles. The number of nitrogens with zero attached hydrogens (tertiary/aromatic N) is 3. The van der Waals surface area contributed by atoms with Gasteiger partial charge in [0.15, 0.2) is 0 Å². The lowest BCUT2D eigenvalue weighted by atomic mass is 9.97. The highest BCUT2D eigenvalue weighted by molar-refractivity contribution is 5.79. The molecule has 1 aromatic rings. The smallest absolute Gasteiger partial charge is 0.332 e. The second-order valence-corrected chi connectivity index (χ2v) is 6.00. The van der Waals surface area contributed by atoms with Gasteiger partial charge in [0.2, 0.25) is 5.91 Å². The highest BCUT2D eigenvalue weighted by atomic mass is 16.2. The summed E-state index contributed by atoms with van der Waals surface area (Å²) in [7, 11) is 1.48. The Morgan fingerprint density at radius 1 is 1.35 bits per heavy atom. The SMILES string of the molecule is CCCNC(=O)[C@H]1CCCN(c2cc(=O)n(C)c(=O)n2CC)C1. The minimum Gasteiger partial charge on any atom is -0.357 e. The summed E-state index contributed by atoms with van der Waals surface area (Å²) in [5.74, 6) is 0.583. The van der Waals surface area contributed by atoms with Crippen molar-refractivity contribution in [2.75, 3.05) is 24.5 Å². The Morgan fingerprint density at radius 2 is 2.09 bits per heavy atom. The summed E-state index contributed by atoms with van der Waals surface area (Å²) in [6, 6.07) is 1.50. The predicted octanol–water partition coefficient (Wildman–Crippen LogP) is 0.310. The molecule has 0 saturated carbocycles. The molecule has 1 N–H and O–H groups in total. The van der Waals surface area contributed by atoms with Crippen molar-refractivity contribution in [1.82, 2.24) is 14.5 Å². The molecule has 0 radical (unpaired) electrons. The molecule has 1 fully saturated rings. The van der Waals surface area contributed by atoms with Crippen molar-refractivity contribution in [1.29, 1.82) is 0 Å². The van der Waals surface area contributed by atoms with Crippen LogP contribution in [0.25, 0.3) is 0 Å². The lowest BCUT2D eigenvalue weighted by molar-refractivity contribution is -0.125. The lowest BCUT2D eigenvalue weighted by Crippen LogP contribution is -2.47. The fraction of sp³-hybridized carbons (Fsp3) is 0.688. The number of carbonyl (C=O) groups excluding carboxylic acids is 1. The van der Waals surface area contributed by atoms with Gasteiger partial charge in [0.25, 0.3) is 5.56 Å². The molecule has 128 valence electrons. The van der Waals surface area contributed by atoms with Gasteiger partial charge in [0.05, 0.1) is 5.92 Å². The van der Waals surface area contributed by atoms with Crippen LogP contribution in [0.5, 0.6) is 0 Å². The van der Waals surface area contributed by atoms with Gasteiger partial charge in [-0.25, -0.2) is 4.79 Å². The van der Waals surface area contributed by atoms with Gasteiger partial charge < -0.3 is 10.2 Å². The zero-order chi connectivity index (χ0) is 17.0. The van der Waals surface area contributed by atoms with E-state index in [9.17, 15) is 14.4 Å². The molecule has 1 saturated heterocycles. The first kappa shape index (κ1) is 17.3. The maximum Gasteiger partial charge on any atom is 0.332 e. The molecule has 0 spiro atoms. The maximum absolute atomic E-state index is 12.3. The quantitative estimate of drug-likeness (QED) is 0.846. The molecule has 23 heavy (non-hydrogen) atoms. The summed E-state index contributed by atoms with van der Waals surface area (Å²) in [6.07, 6.45) is 2.62. The molecule has 0 aliphatic carbocycles. The van der Waals surface area contributed by atoms with E-state index < -0.39 is 0 Å². The minimum atomic E-state index is -0.313. The van der Waals surface area contributed by atoms with Crippen molar-refractivity contribution in [3.63, 3.8) is 0 Å². The predicted molar refractivity (Wildman–Crippen MR) is 89.9 cm³/mol. The van der Waals surface area contributed by atoms with Crippen LogP contribution in [0.15, 0.2) is 15.7 Å². The van der Waals surface area contributed by atoms with E-state index in [0.29, 0.717) is 25.5 Å². The first-order valence-electron chi connectivity index (χ1n) is 8.33. The largest absolute Gasteiger partial charge is 0.357 e. The first-order valence-corrected chi connectivity index (χ1v) is 8.33. The highest BCUT2D eigenvalue weighted by Gasteiger charge is 2.27. The fourth-order valence-corrected chi connectivity index (χ4v) is 3.01. The molecule has 0 aromatic carbocycles. The minimum absolute atomic E-state index is 0.0609. The fourth-order valence-electron chi connectivity index (χ4n) is 3.01. The molecule has 1 aromatic heterocycles. The number of rotatable bonds is 5.